The fourth-order valence-electron chi connectivity index (χ4n) is 1.27. The number of nitrogen functional groups attached to an aromatic ring is 1. The van der Waals surface area contributed by atoms with Crippen LogP contribution in [0.3, 0.4) is 0 Å². The van der Waals surface area contributed by atoms with Crippen LogP contribution in [0.4, 0.5) is 5.13 Å². The lowest BCUT2D eigenvalue weighted by Crippen LogP contribution is -2.21. The fourth-order valence-corrected chi connectivity index (χ4v) is 2.10. The van der Waals surface area contributed by atoms with Gasteiger partial charge in [0.2, 0.25) is 0 Å². The Hall–Kier alpha value is -0.610. The normalized spacial score (nSPS) is 11.1. The summed E-state index contributed by atoms with van der Waals surface area (Å²) in [6, 6.07) is 0.507. The van der Waals surface area contributed by atoms with Crippen molar-refractivity contribution in [3.63, 3.8) is 0 Å². The van der Waals surface area contributed by atoms with Crippen molar-refractivity contribution in [2.24, 2.45) is 0 Å². The number of hydrogen-bond acceptors (Lipinski definition) is 4. The standard InChI is InChI=1S/C10H19N3S/c1-4-5-8-9(6-12-7(2)3)14-10(11)13-8/h7,12H,4-6H2,1-3H3,(H2,11,13). The summed E-state index contributed by atoms with van der Waals surface area (Å²) in [5, 5.41) is 4.08. The molecule has 0 aliphatic rings. The van der Waals surface area contributed by atoms with Gasteiger partial charge in [-0.05, 0) is 6.42 Å². The predicted molar refractivity (Wildman–Crippen MR) is 62.5 cm³/mol. The number of nitrogens with two attached hydrogens (primary N) is 1. The fraction of sp³-hybridized carbons (Fsp3) is 0.700. The van der Waals surface area contributed by atoms with E-state index in [1.165, 1.54) is 10.6 Å². The molecule has 3 N–H and O–H groups in total. The Labute approximate surface area is 89.7 Å². The van der Waals surface area contributed by atoms with Gasteiger partial charge in [-0.15, -0.1) is 11.3 Å². The zero-order chi connectivity index (χ0) is 10.6. The minimum absolute atomic E-state index is 0.507. The second-order valence-electron chi connectivity index (χ2n) is 3.71. The van der Waals surface area contributed by atoms with Gasteiger partial charge in [0.1, 0.15) is 0 Å². The molecule has 0 radical (unpaired) electrons. The number of aryl methyl sites for hydroxylation is 1. The maximum atomic E-state index is 5.70. The highest BCUT2D eigenvalue weighted by Crippen LogP contribution is 2.21. The van der Waals surface area contributed by atoms with Gasteiger partial charge >= 0.3 is 0 Å². The molecule has 4 heteroatoms. The summed E-state index contributed by atoms with van der Waals surface area (Å²) in [7, 11) is 0. The van der Waals surface area contributed by atoms with Gasteiger partial charge in [-0.25, -0.2) is 4.98 Å². The van der Waals surface area contributed by atoms with Crippen molar-refractivity contribution in [1.82, 2.24) is 10.3 Å². The molecule has 0 saturated carbocycles. The molecular weight excluding hydrogens is 194 g/mol. The molecule has 3 nitrogen and oxygen atoms in total. The first-order valence-corrected chi connectivity index (χ1v) is 5.92. The zero-order valence-corrected chi connectivity index (χ0v) is 9.95. The third-order valence-electron chi connectivity index (χ3n) is 1.95. The highest BCUT2D eigenvalue weighted by atomic mass is 32.1. The summed E-state index contributed by atoms with van der Waals surface area (Å²) in [5.74, 6) is 0. The molecule has 1 heterocycles. The third kappa shape index (κ3) is 3.27. The second-order valence-corrected chi connectivity index (χ2v) is 4.82. The minimum atomic E-state index is 0.507. The number of hydrogen-bond donors (Lipinski definition) is 2. The number of nitrogens with one attached hydrogen (secondary N) is 1. The first kappa shape index (κ1) is 11.5. The van der Waals surface area contributed by atoms with E-state index in [0.717, 1.165) is 19.4 Å². The highest BCUT2D eigenvalue weighted by Gasteiger charge is 2.08. The van der Waals surface area contributed by atoms with Gasteiger partial charge < -0.3 is 11.1 Å². The molecular formula is C10H19N3S. The first-order valence-electron chi connectivity index (χ1n) is 5.11. The Morgan fingerprint density at radius 2 is 2.21 bits per heavy atom. The minimum Gasteiger partial charge on any atom is -0.375 e. The summed E-state index contributed by atoms with van der Waals surface area (Å²) < 4.78 is 0. The van der Waals surface area contributed by atoms with E-state index in [2.05, 4.69) is 31.1 Å². The highest BCUT2D eigenvalue weighted by molar-refractivity contribution is 7.15. The molecule has 0 aliphatic heterocycles. The van der Waals surface area contributed by atoms with E-state index < -0.39 is 0 Å². The van der Waals surface area contributed by atoms with Crippen molar-refractivity contribution in [3.8, 4) is 0 Å². The van der Waals surface area contributed by atoms with E-state index in [1.807, 2.05) is 0 Å². The summed E-state index contributed by atoms with van der Waals surface area (Å²) in [6.07, 6.45) is 2.15. The average Bonchev–Trinajstić information content (AvgIpc) is 2.44. The van der Waals surface area contributed by atoms with E-state index in [1.54, 1.807) is 11.3 Å². The molecule has 1 rings (SSSR count). The zero-order valence-electron chi connectivity index (χ0n) is 9.13. The van der Waals surface area contributed by atoms with Crippen LogP contribution in [0.2, 0.25) is 0 Å². The van der Waals surface area contributed by atoms with Crippen LogP contribution in [0.1, 0.15) is 37.8 Å². The monoisotopic (exact) mass is 213 g/mol. The molecule has 0 amide bonds. The van der Waals surface area contributed by atoms with Gasteiger partial charge in [0.15, 0.2) is 5.13 Å². The van der Waals surface area contributed by atoms with Crippen LogP contribution < -0.4 is 11.1 Å². The predicted octanol–water partition coefficient (Wildman–Crippen LogP) is 2.18. The Morgan fingerprint density at radius 1 is 1.50 bits per heavy atom. The topological polar surface area (TPSA) is 50.9 Å². The Bertz CT molecular complexity index is 281. The number of nitrogens with zero attached hydrogens (tertiary/aromatic N) is 1. The summed E-state index contributed by atoms with van der Waals surface area (Å²) in [6.45, 7) is 7.34. The molecule has 0 bridgehead atoms. The maximum Gasteiger partial charge on any atom is 0.180 e. The smallest absolute Gasteiger partial charge is 0.180 e. The van der Waals surface area contributed by atoms with Gasteiger partial charge in [0.05, 0.1) is 5.69 Å². The van der Waals surface area contributed by atoms with Crippen LogP contribution in [-0.4, -0.2) is 11.0 Å². The first-order chi connectivity index (χ1) is 6.63. The van der Waals surface area contributed by atoms with E-state index in [-0.39, 0.29) is 0 Å². The second kappa shape index (κ2) is 5.32. The lowest BCUT2D eigenvalue weighted by atomic mass is 10.2. The van der Waals surface area contributed by atoms with Crippen LogP contribution in [0, 0.1) is 0 Å². The molecule has 0 fully saturated rings. The molecule has 0 unspecified atom stereocenters. The van der Waals surface area contributed by atoms with Crippen LogP contribution in [-0.2, 0) is 13.0 Å². The summed E-state index contributed by atoms with van der Waals surface area (Å²) in [4.78, 5) is 5.62. The van der Waals surface area contributed by atoms with E-state index >= 15 is 0 Å². The van der Waals surface area contributed by atoms with E-state index in [0.29, 0.717) is 11.2 Å². The maximum absolute atomic E-state index is 5.70. The van der Waals surface area contributed by atoms with Crippen molar-refractivity contribution in [3.05, 3.63) is 10.6 Å². The van der Waals surface area contributed by atoms with Crippen molar-refractivity contribution in [2.75, 3.05) is 5.73 Å². The van der Waals surface area contributed by atoms with E-state index in [4.69, 9.17) is 5.73 Å². The van der Waals surface area contributed by atoms with Crippen molar-refractivity contribution >= 4 is 16.5 Å². The molecule has 0 spiro atoms. The number of anilines is 1. The number of aromatic nitrogens is 1. The van der Waals surface area contributed by atoms with Crippen LogP contribution in [0.25, 0.3) is 0 Å². The lowest BCUT2D eigenvalue weighted by Gasteiger charge is -2.06. The van der Waals surface area contributed by atoms with Crippen molar-refractivity contribution in [1.29, 1.82) is 0 Å². The summed E-state index contributed by atoms with van der Waals surface area (Å²) >= 11 is 1.60. The average molecular weight is 213 g/mol. The Morgan fingerprint density at radius 3 is 2.79 bits per heavy atom. The molecule has 80 valence electrons. The van der Waals surface area contributed by atoms with Crippen molar-refractivity contribution in [2.45, 2.75) is 46.2 Å². The largest absolute Gasteiger partial charge is 0.375 e. The number of thiazole rings is 1. The van der Waals surface area contributed by atoms with Crippen LogP contribution in [0.15, 0.2) is 0 Å². The quantitative estimate of drug-likeness (QED) is 0.788. The molecule has 0 aromatic carbocycles. The molecule has 0 aliphatic carbocycles. The summed E-state index contributed by atoms with van der Waals surface area (Å²) in [5.41, 5.74) is 6.87. The van der Waals surface area contributed by atoms with Gasteiger partial charge in [-0.1, -0.05) is 27.2 Å². The molecule has 0 atom stereocenters. The molecule has 1 aromatic heterocycles. The van der Waals surface area contributed by atoms with Gasteiger partial charge in [-0.2, -0.15) is 0 Å². The lowest BCUT2D eigenvalue weighted by molar-refractivity contribution is 0.589. The molecule has 1 aromatic rings. The van der Waals surface area contributed by atoms with E-state index in [9.17, 15) is 0 Å². The van der Waals surface area contributed by atoms with Crippen LogP contribution in [0.5, 0.6) is 0 Å². The number of rotatable bonds is 5. The van der Waals surface area contributed by atoms with Gasteiger partial charge in [0.25, 0.3) is 0 Å². The Balaban J connectivity index is 2.63. The van der Waals surface area contributed by atoms with Crippen molar-refractivity contribution < 1.29 is 0 Å². The SMILES string of the molecule is CCCc1nc(N)sc1CNC(C)C. The molecule has 0 saturated heterocycles. The third-order valence-corrected chi connectivity index (χ3v) is 2.88. The van der Waals surface area contributed by atoms with Gasteiger partial charge in [0, 0.05) is 17.5 Å². The van der Waals surface area contributed by atoms with Gasteiger partial charge in [-0.3, -0.25) is 0 Å². The van der Waals surface area contributed by atoms with Crippen LogP contribution >= 0.6 is 11.3 Å². The Kier molecular flexibility index (Phi) is 4.35. The molecule has 14 heavy (non-hydrogen) atoms.